The van der Waals surface area contributed by atoms with E-state index in [0.717, 1.165) is 17.2 Å². The van der Waals surface area contributed by atoms with Gasteiger partial charge in [-0.25, -0.2) is 4.39 Å². The van der Waals surface area contributed by atoms with Crippen molar-refractivity contribution in [2.45, 2.75) is 32.7 Å². The smallest absolute Gasteiger partial charge is 0.284 e. The number of allylic oxidation sites excluding steroid dienone is 1. The van der Waals surface area contributed by atoms with Gasteiger partial charge in [-0.15, -0.1) is 0 Å². The molecule has 3 aromatic rings. The summed E-state index contributed by atoms with van der Waals surface area (Å²) in [6, 6.07) is 12.8. The van der Waals surface area contributed by atoms with Crippen molar-refractivity contribution in [2.24, 2.45) is 4.99 Å². The van der Waals surface area contributed by atoms with Gasteiger partial charge in [0.1, 0.15) is 11.4 Å². The molecule has 7 nitrogen and oxygen atoms in total. The number of aromatic nitrogens is 2. The van der Waals surface area contributed by atoms with Crippen LogP contribution in [0.4, 0.5) is 4.39 Å². The topological polar surface area (TPSA) is 96.6 Å². The second kappa shape index (κ2) is 12.2. The summed E-state index contributed by atoms with van der Waals surface area (Å²) >= 11 is 5.99. The molecule has 0 aliphatic heterocycles. The van der Waals surface area contributed by atoms with E-state index in [1.807, 2.05) is 13.8 Å². The lowest BCUT2D eigenvalue weighted by atomic mass is 10.1. The van der Waals surface area contributed by atoms with Crippen molar-refractivity contribution in [3.63, 3.8) is 0 Å². The van der Waals surface area contributed by atoms with Crippen LogP contribution in [-0.4, -0.2) is 39.7 Å². The molecule has 0 saturated heterocycles. The van der Waals surface area contributed by atoms with Crippen molar-refractivity contribution >= 4 is 23.7 Å². The Kier molecular flexibility index (Phi) is 9.05. The first-order valence-electron chi connectivity index (χ1n) is 11.1. The number of aliphatic hydroxyl groups excluding tert-OH is 1. The van der Waals surface area contributed by atoms with E-state index in [9.17, 15) is 19.1 Å². The molecule has 35 heavy (non-hydrogen) atoms. The molecular formula is C26H26ClFN4O3. The lowest BCUT2D eigenvalue weighted by Gasteiger charge is -2.17. The van der Waals surface area contributed by atoms with Crippen LogP contribution in [0.1, 0.15) is 37.0 Å². The average Bonchev–Trinajstić information content (AvgIpc) is 2.86. The van der Waals surface area contributed by atoms with E-state index in [2.05, 4.69) is 15.4 Å². The second-order valence-electron chi connectivity index (χ2n) is 7.70. The van der Waals surface area contributed by atoms with Crippen molar-refractivity contribution in [1.29, 1.82) is 0 Å². The molecular weight excluding hydrogens is 471 g/mol. The molecule has 9 heteroatoms. The number of halogens is 2. The maximum Gasteiger partial charge on any atom is 0.284 e. The summed E-state index contributed by atoms with van der Waals surface area (Å²) in [5, 5.41) is 17.4. The molecule has 182 valence electrons. The Bertz CT molecular complexity index is 1300. The highest BCUT2D eigenvalue weighted by atomic mass is 35.5. The molecule has 0 aliphatic carbocycles. The van der Waals surface area contributed by atoms with Crippen LogP contribution in [-0.2, 0) is 0 Å². The van der Waals surface area contributed by atoms with Crippen LogP contribution in [0.5, 0.6) is 0 Å². The Morgan fingerprint density at radius 2 is 2.00 bits per heavy atom. The molecule has 0 radical (unpaired) electrons. The number of hydrogen-bond acceptors (Lipinski definition) is 5. The highest BCUT2D eigenvalue weighted by molar-refractivity contribution is 6.30. The van der Waals surface area contributed by atoms with Crippen molar-refractivity contribution < 1.29 is 14.3 Å². The van der Waals surface area contributed by atoms with Crippen molar-refractivity contribution in [3.8, 4) is 16.9 Å². The maximum atomic E-state index is 13.9. The normalized spacial score (nSPS) is 12.7. The number of rotatable bonds is 9. The molecule has 2 N–H and O–H groups in total. The zero-order valence-corrected chi connectivity index (χ0v) is 20.2. The van der Waals surface area contributed by atoms with E-state index in [1.165, 1.54) is 24.3 Å². The fourth-order valence-electron chi connectivity index (χ4n) is 3.33. The summed E-state index contributed by atoms with van der Waals surface area (Å²) in [5.74, 6) is -1.24. The van der Waals surface area contributed by atoms with Gasteiger partial charge in [0.2, 0.25) is 0 Å². The molecule has 0 spiro atoms. The number of aliphatic imine (C=N–C) groups is 1. The Morgan fingerprint density at radius 1 is 1.26 bits per heavy atom. The Morgan fingerprint density at radius 3 is 2.63 bits per heavy atom. The van der Waals surface area contributed by atoms with Crippen molar-refractivity contribution in [3.05, 3.63) is 93.1 Å². The van der Waals surface area contributed by atoms with Gasteiger partial charge in [0.25, 0.3) is 11.5 Å². The van der Waals surface area contributed by atoms with Crippen molar-refractivity contribution in [2.75, 3.05) is 6.61 Å². The molecule has 1 atom stereocenters. The number of amides is 1. The number of nitrogens with one attached hydrogen (secondary N) is 1. The molecule has 1 aromatic heterocycles. The van der Waals surface area contributed by atoms with Gasteiger partial charge >= 0.3 is 0 Å². The first-order valence-corrected chi connectivity index (χ1v) is 11.5. The minimum Gasteiger partial charge on any atom is -0.394 e. The third-order valence-electron chi connectivity index (χ3n) is 5.13. The minimum atomic E-state index is -0.724. The van der Waals surface area contributed by atoms with Crippen LogP contribution in [0.25, 0.3) is 16.9 Å². The molecule has 1 heterocycles. The molecule has 0 bridgehead atoms. The second-order valence-corrected chi connectivity index (χ2v) is 8.14. The van der Waals surface area contributed by atoms with Gasteiger partial charge in [-0.1, -0.05) is 42.8 Å². The summed E-state index contributed by atoms with van der Waals surface area (Å²) in [6.07, 6.45) is 4.56. The number of benzene rings is 2. The number of nitrogens with zero attached hydrogens (tertiary/aromatic N) is 3. The lowest BCUT2D eigenvalue weighted by Crippen LogP contribution is -2.41. The monoisotopic (exact) mass is 496 g/mol. The largest absolute Gasteiger partial charge is 0.394 e. The molecule has 2 aromatic carbocycles. The highest BCUT2D eigenvalue weighted by Crippen LogP contribution is 2.21. The van der Waals surface area contributed by atoms with Gasteiger partial charge in [0.05, 0.1) is 24.0 Å². The lowest BCUT2D eigenvalue weighted by molar-refractivity contribution is 0.0914. The SMILES string of the molecule is C/C=C(/CC(CO)NC(=O)c1cc(-c2ccc(Cl)cc2)nn(-c2cccc(F)c2)c1=O)N=CCC. The number of carbonyl (C=O) groups is 1. The van der Waals surface area contributed by atoms with Gasteiger partial charge in [0.15, 0.2) is 0 Å². The first kappa shape index (κ1) is 26.0. The zero-order chi connectivity index (χ0) is 25.4. The Balaban J connectivity index is 2.04. The average molecular weight is 497 g/mol. The van der Waals surface area contributed by atoms with Gasteiger partial charge < -0.3 is 10.4 Å². The zero-order valence-electron chi connectivity index (χ0n) is 19.4. The van der Waals surface area contributed by atoms with Crippen molar-refractivity contribution in [1.82, 2.24) is 15.1 Å². The number of carbonyl (C=O) groups excluding carboxylic acids is 1. The summed E-state index contributed by atoms with van der Waals surface area (Å²) in [5.41, 5.74) is 0.864. The molecule has 0 aliphatic rings. The van der Waals surface area contributed by atoms with Crippen LogP contribution in [0.3, 0.4) is 0 Å². The third-order valence-corrected chi connectivity index (χ3v) is 5.38. The van der Waals surface area contributed by atoms with E-state index in [1.54, 1.807) is 36.6 Å². The molecule has 1 unspecified atom stereocenters. The summed E-state index contributed by atoms with van der Waals surface area (Å²) in [7, 11) is 0. The van der Waals surface area contributed by atoms with Gasteiger partial charge in [0, 0.05) is 28.9 Å². The molecule has 3 rings (SSSR count). The maximum absolute atomic E-state index is 13.9. The van der Waals surface area contributed by atoms with Crippen LogP contribution in [0.2, 0.25) is 5.02 Å². The van der Waals surface area contributed by atoms with E-state index in [-0.39, 0.29) is 24.3 Å². The third kappa shape index (κ3) is 6.71. The summed E-state index contributed by atoms with van der Waals surface area (Å²) in [6.45, 7) is 3.42. The fourth-order valence-corrected chi connectivity index (χ4v) is 3.46. The van der Waals surface area contributed by atoms with Gasteiger partial charge in [-0.3, -0.25) is 14.6 Å². The van der Waals surface area contributed by atoms with E-state index < -0.39 is 23.3 Å². The molecule has 1 amide bonds. The molecule has 0 saturated carbocycles. The quantitative estimate of drug-likeness (QED) is 0.424. The predicted molar refractivity (Wildman–Crippen MR) is 136 cm³/mol. The number of hydrogen-bond donors (Lipinski definition) is 2. The predicted octanol–water partition coefficient (Wildman–Crippen LogP) is 4.56. The van der Waals surface area contributed by atoms with Gasteiger partial charge in [-0.2, -0.15) is 9.78 Å². The van der Waals surface area contributed by atoms with E-state index in [4.69, 9.17) is 11.6 Å². The fraction of sp³-hybridized carbons (Fsp3) is 0.231. The standard InChI is InChI=1S/C26H26ClFN4O3/c1-3-12-29-20(4-2)14-21(16-33)30-25(34)23-15-24(17-8-10-18(27)11-9-17)31-32(26(23)35)22-7-5-6-19(28)13-22/h4-13,15,21,33H,3,14,16H2,1-2H3,(H,30,34)/b20-4-,29-12?. The van der Waals surface area contributed by atoms with E-state index in [0.29, 0.717) is 22.0 Å². The van der Waals surface area contributed by atoms with Crippen LogP contribution in [0.15, 0.2) is 76.2 Å². The summed E-state index contributed by atoms with van der Waals surface area (Å²) in [4.78, 5) is 30.8. The van der Waals surface area contributed by atoms with Crippen LogP contribution < -0.4 is 10.9 Å². The first-order chi connectivity index (χ1) is 16.9. The summed E-state index contributed by atoms with van der Waals surface area (Å²) < 4.78 is 14.9. The minimum absolute atomic E-state index is 0.170. The molecule has 0 fully saturated rings. The van der Waals surface area contributed by atoms with Crippen LogP contribution >= 0.6 is 11.6 Å². The highest BCUT2D eigenvalue weighted by Gasteiger charge is 2.21. The number of aliphatic hydroxyl groups is 1. The Labute approximate surface area is 207 Å². The van der Waals surface area contributed by atoms with Crippen LogP contribution in [0, 0.1) is 5.82 Å². The van der Waals surface area contributed by atoms with Gasteiger partial charge in [-0.05, 0) is 49.7 Å². The Hall–Kier alpha value is -3.62. The van der Waals surface area contributed by atoms with E-state index >= 15 is 0 Å².